The quantitative estimate of drug-likeness (QED) is 0.147. The molecule has 0 fully saturated rings. The average Bonchev–Trinajstić information content (AvgIpc) is 2.98. The molecule has 0 aliphatic rings. The minimum absolute atomic E-state index is 0.0335. The molecule has 3 amide bonds. The summed E-state index contributed by atoms with van der Waals surface area (Å²) in [4.78, 5) is 42.9. The number of amides is 3. The Kier molecular flexibility index (Phi) is 48.4. The van der Waals surface area contributed by atoms with E-state index in [2.05, 4.69) is 22.9 Å². The van der Waals surface area contributed by atoms with Crippen LogP contribution in [0, 0.1) is 0 Å². The molecular formula is C31H65N3O8. The van der Waals surface area contributed by atoms with Gasteiger partial charge in [0.15, 0.2) is 5.78 Å². The third-order valence-electron chi connectivity index (χ3n) is 4.64. The number of ether oxygens (including phenoxy) is 4. The van der Waals surface area contributed by atoms with E-state index in [1.54, 1.807) is 0 Å². The van der Waals surface area contributed by atoms with Gasteiger partial charge in [-0.1, -0.05) is 41.5 Å². The maximum absolute atomic E-state index is 11.2. The number of nitrogens with one attached hydrogen (secondary N) is 3. The van der Waals surface area contributed by atoms with Gasteiger partial charge in [0.05, 0.1) is 19.8 Å². The number of ketones is 1. The van der Waals surface area contributed by atoms with Gasteiger partial charge in [-0.2, -0.15) is 0 Å². The lowest BCUT2D eigenvalue weighted by atomic mass is 10.3. The average molecular weight is 608 g/mol. The minimum Gasteiger partial charge on any atom is -0.381 e. The van der Waals surface area contributed by atoms with Crippen LogP contribution in [0.15, 0.2) is 0 Å². The number of rotatable bonds is 23. The van der Waals surface area contributed by atoms with Crippen molar-refractivity contribution < 1.29 is 38.1 Å². The highest BCUT2D eigenvalue weighted by molar-refractivity contribution is 5.79. The van der Waals surface area contributed by atoms with Gasteiger partial charge in [0.2, 0.25) is 17.7 Å². The Morgan fingerprint density at radius 3 is 1.24 bits per heavy atom. The zero-order chi connectivity index (χ0) is 32.7. The van der Waals surface area contributed by atoms with Gasteiger partial charge in [-0.25, -0.2) is 0 Å². The topological polar surface area (TPSA) is 141 Å². The van der Waals surface area contributed by atoms with Crippen LogP contribution < -0.4 is 16.0 Å². The van der Waals surface area contributed by atoms with Gasteiger partial charge in [0.1, 0.15) is 6.61 Å². The van der Waals surface area contributed by atoms with E-state index in [1.807, 2.05) is 48.5 Å². The van der Waals surface area contributed by atoms with E-state index in [1.165, 1.54) is 0 Å². The Balaban J connectivity index is -0.000000238. The Bertz CT molecular complexity index is 593. The molecule has 3 N–H and O–H groups in total. The molecule has 0 aromatic heterocycles. The second-order valence-corrected chi connectivity index (χ2v) is 8.89. The van der Waals surface area contributed by atoms with Crippen molar-refractivity contribution in [2.24, 2.45) is 0 Å². The van der Waals surface area contributed by atoms with Crippen molar-refractivity contribution in [2.45, 2.75) is 107 Å². The molecule has 0 aliphatic heterocycles. The number of carbonyl (C=O) groups excluding carboxylic acids is 4. The van der Waals surface area contributed by atoms with Crippen LogP contribution in [0.5, 0.6) is 0 Å². The Morgan fingerprint density at radius 2 is 0.857 bits per heavy atom. The van der Waals surface area contributed by atoms with Crippen LogP contribution in [0.25, 0.3) is 0 Å². The summed E-state index contributed by atoms with van der Waals surface area (Å²) in [6.07, 6.45) is 6.09. The standard InChI is InChI=1S/C11H23NO3.C8H17NO2.C7H14O2.C5H11NO/c1-3-7-14-9-5-11(13)12-6-10-15-8-4-2;1-3-6-11-7-5-8(10)9-4-2;1-3-5-9-6-7(8)4-2;1-3-5(7)6-4-2/h3-10H2,1-2H3,(H,12,13);3-7H2,1-2H3,(H,9,10);3-6H2,1-2H3;3-4H2,1-2H3,(H,6,7). The van der Waals surface area contributed by atoms with Gasteiger partial charge < -0.3 is 34.9 Å². The van der Waals surface area contributed by atoms with Crippen LogP contribution >= 0.6 is 0 Å². The lowest BCUT2D eigenvalue weighted by Gasteiger charge is -2.06. The monoisotopic (exact) mass is 607 g/mol. The second-order valence-electron chi connectivity index (χ2n) is 8.89. The molecule has 0 aromatic carbocycles. The SMILES string of the molecule is CCCOCC(=O)CC.CCCOCCC(=O)NCC.CCCOCCNC(=O)CCOCCC.CCNC(=O)CC. The van der Waals surface area contributed by atoms with Crippen LogP contribution in [0.3, 0.4) is 0 Å². The summed E-state index contributed by atoms with van der Waals surface area (Å²) in [5.74, 6) is 0.417. The van der Waals surface area contributed by atoms with Crippen LogP contribution in [0.2, 0.25) is 0 Å². The molecule has 11 nitrogen and oxygen atoms in total. The van der Waals surface area contributed by atoms with E-state index in [-0.39, 0.29) is 23.5 Å². The Morgan fingerprint density at radius 1 is 0.452 bits per heavy atom. The molecule has 0 atom stereocenters. The molecular weight excluding hydrogens is 542 g/mol. The lowest BCUT2D eigenvalue weighted by molar-refractivity contribution is -0.123. The van der Waals surface area contributed by atoms with Crippen LogP contribution in [-0.2, 0) is 38.1 Å². The third-order valence-corrected chi connectivity index (χ3v) is 4.64. The summed E-state index contributed by atoms with van der Waals surface area (Å²) >= 11 is 0. The summed E-state index contributed by atoms with van der Waals surface area (Å²) < 4.78 is 20.6. The Hall–Kier alpha value is -2.08. The first kappa shape index (κ1) is 46.9. The van der Waals surface area contributed by atoms with Crippen molar-refractivity contribution in [3.8, 4) is 0 Å². The molecule has 11 heteroatoms. The molecule has 0 radical (unpaired) electrons. The molecule has 0 aliphatic carbocycles. The summed E-state index contributed by atoms with van der Waals surface area (Å²) in [6, 6.07) is 0. The molecule has 0 saturated heterocycles. The maximum Gasteiger partial charge on any atom is 0.222 e. The van der Waals surface area contributed by atoms with Crippen LogP contribution in [-0.4, -0.2) is 96.0 Å². The van der Waals surface area contributed by atoms with E-state index in [0.29, 0.717) is 71.8 Å². The summed E-state index contributed by atoms with van der Waals surface area (Å²) in [6.45, 7) is 22.6. The molecule has 252 valence electrons. The van der Waals surface area contributed by atoms with Crippen molar-refractivity contribution in [1.29, 1.82) is 0 Å². The van der Waals surface area contributed by atoms with Gasteiger partial charge in [0, 0.05) is 71.7 Å². The predicted octanol–water partition coefficient (Wildman–Crippen LogP) is 4.21. The first-order chi connectivity index (χ1) is 20.2. The fourth-order valence-corrected chi connectivity index (χ4v) is 2.46. The normalized spacial score (nSPS) is 9.62. The predicted molar refractivity (Wildman–Crippen MR) is 170 cm³/mol. The maximum atomic E-state index is 11.2. The summed E-state index contributed by atoms with van der Waals surface area (Å²) in [7, 11) is 0. The lowest BCUT2D eigenvalue weighted by Crippen LogP contribution is -2.28. The van der Waals surface area contributed by atoms with Crippen molar-refractivity contribution in [3.63, 3.8) is 0 Å². The van der Waals surface area contributed by atoms with Gasteiger partial charge in [-0.05, 0) is 39.5 Å². The fraction of sp³-hybridized carbons (Fsp3) is 0.871. The first-order valence-corrected chi connectivity index (χ1v) is 15.9. The molecule has 0 unspecified atom stereocenters. The molecule has 0 bridgehead atoms. The smallest absolute Gasteiger partial charge is 0.222 e. The molecule has 0 heterocycles. The molecule has 42 heavy (non-hydrogen) atoms. The van der Waals surface area contributed by atoms with Gasteiger partial charge in [-0.3, -0.25) is 19.2 Å². The number of Topliss-reactive ketones (excluding diaryl/α,β-unsaturated/α-hetero) is 1. The van der Waals surface area contributed by atoms with Crippen molar-refractivity contribution in [2.75, 3.05) is 72.5 Å². The minimum atomic E-state index is 0.0335. The highest BCUT2D eigenvalue weighted by atomic mass is 16.5. The molecule has 0 rings (SSSR count). The fourth-order valence-electron chi connectivity index (χ4n) is 2.46. The number of hydrogen-bond donors (Lipinski definition) is 3. The van der Waals surface area contributed by atoms with Crippen LogP contribution in [0.1, 0.15) is 107 Å². The van der Waals surface area contributed by atoms with E-state index in [0.717, 1.165) is 52.0 Å². The largest absolute Gasteiger partial charge is 0.381 e. The van der Waals surface area contributed by atoms with E-state index >= 15 is 0 Å². The van der Waals surface area contributed by atoms with E-state index < -0.39 is 0 Å². The highest BCUT2D eigenvalue weighted by Gasteiger charge is 2.00. The van der Waals surface area contributed by atoms with Crippen molar-refractivity contribution >= 4 is 23.5 Å². The van der Waals surface area contributed by atoms with Crippen molar-refractivity contribution in [1.82, 2.24) is 16.0 Å². The number of hydrogen-bond acceptors (Lipinski definition) is 8. The number of carbonyl (C=O) groups is 4. The first-order valence-electron chi connectivity index (χ1n) is 15.9. The Labute approximate surface area is 256 Å². The molecule has 0 saturated carbocycles. The summed E-state index contributed by atoms with van der Waals surface area (Å²) in [5, 5.41) is 8.13. The van der Waals surface area contributed by atoms with E-state index in [9.17, 15) is 19.2 Å². The van der Waals surface area contributed by atoms with Crippen LogP contribution in [0.4, 0.5) is 0 Å². The highest BCUT2D eigenvalue weighted by Crippen LogP contribution is 1.87. The summed E-state index contributed by atoms with van der Waals surface area (Å²) in [5.41, 5.74) is 0. The van der Waals surface area contributed by atoms with Gasteiger partial charge in [-0.15, -0.1) is 0 Å². The molecule has 0 aromatic rings. The zero-order valence-corrected chi connectivity index (χ0v) is 28.2. The molecule has 0 spiro atoms. The second kappa shape index (κ2) is 43.4. The van der Waals surface area contributed by atoms with Crippen molar-refractivity contribution in [3.05, 3.63) is 0 Å². The zero-order valence-electron chi connectivity index (χ0n) is 28.2. The van der Waals surface area contributed by atoms with E-state index in [4.69, 9.17) is 18.9 Å². The van der Waals surface area contributed by atoms with Gasteiger partial charge >= 0.3 is 0 Å². The van der Waals surface area contributed by atoms with Gasteiger partial charge in [0.25, 0.3) is 0 Å². The third kappa shape index (κ3) is 50.7.